The number of hydrogen-bond donors (Lipinski definition) is 2. The lowest BCUT2D eigenvalue weighted by Crippen LogP contribution is -2.09. The highest BCUT2D eigenvalue weighted by molar-refractivity contribution is 5.92. The average molecular weight is 315 g/mol. The number of phenols is 2. The van der Waals surface area contributed by atoms with Crippen molar-refractivity contribution >= 4 is 5.97 Å². The number of phenolic OH excluding ortho intramolecular Hbond substituents is 2. The van der Waals surface area contributed by atoms with Crippen LogP contribution in [0.15, 0.2) is 53.2 Å². The van der Waals surface area contributed by atoms with E-state index in [2.05, 4.69) is 5.16 Å². The van der Waals surface area contributed by atoms with Gasteiger partial charge >= 0.3 is 5.97 Å². The molecule has 3 rings (SSSR count). The zero-order valence-electron chi connectivity index (χ0n) is 11.6. The fraction of sp³-hybridized carbons (Fsp3) is 0. The highest BCUT2D eigenvalue weighted by Gasteiger charge is 2.17. The molecule has 0 aliphatic rings. The van der Waals surface area contributed by atoms with E-state index in [0.717, 1.165) is 24.3 Å². The molecule has 23 heavy (non-hydrogen) atoms. The van der Waals surface area contributed by atoms with Crippen LogP contribution in [0.4, 0.5) is 4.39 Å². The minimum absolute atomic E-state index is 0.0214. The third kappa shape index (κ3) is 2.98. The Morgan fingerprint density at radius 1 is 1.09 bits per heavy atom. The summed E-state index contributed by atoms with van der Waals surface area (Å²) in [5.41, 5.74) is 0.243. The summed E-state index contributed by atoms with van der Waals surface area (Å²) in [5, 5.41) is 22.2. The molecule has 0 atom stereocenters. The number of ether oxygens (including phenoxy) is 1. The van der Waals surface area contributed by atoms with Crippen molar-refractivity contribution < 1.29 is 28.7 Å². The second kappa shape index (κ2) is 5.80. The molecule has 0 saturated carbocycles. The van der Waals surface area contributed by atoms with Crippen molar-refractivity contribution in [2.24, 2.45) is 0 Å². The van der Waals surface area contributed by atoms with Gasteiger partial charge in [-0.05, 0) is 36.4 Å². The van der Waals surface area contributed by atoms with Crippen molar-refractivity contribution in [3.63, 3.8) is 0 Å². The fourth-order valence-corrected chi connectivity index (χ4v) is 1.95. The molecule has 0 aliphatic carbocycles. The molecule has 6 nitrogen and oxygen atoms in total. The number of aromatic nitrogens is 1. The maximum absolute atomic E-state index is 13.4. The van der Waals surface area contributed by atoms with Crippen LogP contribution in [-0.4, -0.2) is 21.3 Å². The summed E-state index contributed by atoms with van der Waals surface area (Å²) in [6.07, 6.45) is 1.38. The molecule has 0 bridgehead atoms. The van der Waals surface area contributed by atoms with E-state index in [1.54, 1.807) is 0 Å². The van der Waals surface area contributed by atoms with E-state index in [9.17, 15) is 19.4 Å². The number of carbonyl (C=O) groups excluding carboxylic acids is 1. The third-order valence-electron chi connectivity index (χ3n) is 3.06. The van der Waals surface area contributed by atoms with E-state index in [0.29, 0.717) is 0 Å². The second-order valence-electron chi connectivity index (χ2n) is 4.61. The molecular formula is C16H10FNO5. The molecule has 0 spiro atoms. The molecular weight excluding hydrogens is 305 g/mol. The summed E-state index contributed by atoms with van der Waals surface area (Å²) >= 11 is 0. The molecule has 0 fully saturated rings. The SMILES string of the molecule is O=C(Oc1ccc(F)cc1-c1ccno1)c1ccc(O)c(O)c1. The van der Waals surface area contributed by atoms with Crippen LogP contribution in [0, 0.1) is 5.82 Å². The maximum Gasteiger partial charge on any atom is 0.343 e. The van der Waals surface area contributed by atoms with Gasteiger partial charge in [-0.2, -0.15) is 0 Å². The number of hydrogen-bond acceptors (Lipinski definition) is 6. The summed E-state index contributed by atoms with van der Waals surface area (Å²) < 4.78 is 23.6. The predicted molar refractivity (Wildman–Crippen MR) is 76.6 cm³/mol. The van der Waals surface area contributed by atoms with Crippen molar-refractivity contribution in [1.82, 2.24) is 5.16 Å². The largest absolute Gasteiger partial charge is 0.504 e. The van der Waals surface area contributed by atoms with Crippen LogP contribution in [0.2, 0.25) is 0 Å². The van der Waals surface area contributed by atoms with Crippen LogP contribution < -0.4 is 4.74 Å². The van der Waals surface area contributed by atoms with Gasteiger partial charge in [0.1, 0.15) is 11.6 Å². The van der Waals surface area contributed by atoms with E-state index in [4.69, 9.17) is 9.26 Å². The van der Waals surface area contributed by atoms with E-state index < -0.39 is 17.5 Å². The Kier molecular flexibility index (Phi) is 3.68. The lowest BCUT2D eigenvalue weighted by atomic mass is 10.1. The monoisotopic (exact) mass is 315 g/mol. The number of aromatic hydroxyl groups is 2. The summed E-state index contributed by atoms with van der Waals surface area (Å²) in [4.78, 5) is 12.1. The maximum atomic E-state index is 13.4. The molecule has 0 amide bonds. The molecule has 0 radical (unpaired) electrons. The first-order valence-corrected chi connectivity index (χ1v) is 6.49. The Hall–Kier alpha value is -3.35. The molecule has 2 aromatic carbocycles. The minimum Gasteiger partial charge on any atom is -0.504 e. The first-order chi connectivity index (χ1) is 11.0. The summed E-state index contributed by atoms with van der Waals surface area (Å²) in [7, 11) is 0. The average Bonchev–Trinajstić information content (AvgIpc) is 3.06. The third-order valence-corrected chi connectivity index (χ3v) is 3.06. The first kappa shape index (κ1) is 14.6. The van der Waals surface area contributed by atoms with Gasteiger partial charge in [0, 0.05) is 6.07 Å². The number of carbonyl (C=O) groups is 1. The van der Waals surface area contributed by atoms with Gasteiger partial charge in [0.15, 0.2) is 17.3 Å². The lowest BCUT2D eigenvalue weighted by molar-refractivity contribution is 0.0734. The zero-order valence-corrected chi connectivity index (χ0v) is 11.6. The molecule has 2 N–H and O–H groups in total. The number of nitrogens with zero attached hydrogens (tertiary/aromatic N) is 1. The van der Waals surface area contributed by atoms with Gasteiger partial charge in [-0.3, -0.25) is 0 Å². The van der Waals surface area contributed by atoms with Gasteiger partial charge in [0.2, 0.25) is 0 Å². The smallest absolute Gasteiger partial charge is 0.343 e. The van der Waals surface area contributed by atoms with E-state index in [1.807, 2.05) is 0 Å². The van der Waals surface area contributed by atoms with Gasteiger partial charge in [-0.25, -0.2) is 9.18 Å². The highest BCUT2D eigenvalue weighted by Crippen LogP contribution is 2.32. The van der Waals surface area contributed by atoms with Gasteiger partial charge in [-0.15, -0.1) is 0 Å². The Bertz CT molecular complexity index is 861. The Morgan fingerprint density at radius 2 is 1.91 bits per heavy atom. The van der Waals surface area contributed by atoms with Crippen LogP contribution in [0.5, 0.6) is 17.2 Å². The normalized spacial score (nSPS) is 10.5. The highest BCUT2D eigenvalue weighted by atomic mass is 19.1. The second-order valence-corrected chi connectivity index (χ2v) is 4.61. The van der Waals surface area contributed by atoms with Gasteiger partial charge < -0.3 is 19.5 Å². The van der Waals surface area contributed by atoms with Crippen molar-refractivity contribution in [1.29, 1.82) is 0 Å². The summed E-state index contributed by atoms with van der Waals surface area (Å²) in [6, 6.07) is 8.58. The van der Waals surface area contributed by atoms with Gasteiger partial charge in [0.05, 0.1) is 17.3 Å². The fourth-order valence-electron chi connectivity index (χ4n) is 1.95. The molecule has 7 heteroatoms. The van der Waals surface area contributed by atoms with E-state index in [-0.39, 0.29) is 28.4 Å². The lowest BCUT2D eigenvalue weighted by Gasteiger charge is -2.09. The Balaban J connectivity index is 1.93. The van der Waals surface area contributed by atoms with Gasteiger partial charge in [-0.1, -0.05) is 5.16 Å². The molecule has 0 aliphatic heterocycles. The van der Waals surface area contributed by atoms with Crippen molar-refractivity contribution in [2.75, 3.05) is 0 Å². The number of halogens is 1. The standard InChI is InChI=1S/C16H10FNO5/c17-10-2-4-14(11(8-10)15-5-6-18-23-15)22-16(21)9-1-3-12(19)13(20)7-9/h1-8,19-20H. The van der Waals surface area contributed by atoms with E-state index in [1.165, 1.54) is 24.4 Å². The molecule has 1 heterocycles. The quantitative estimate of drug-likeness (QED) is 0.438. The van der Waals surface area contributed by atoms with Gasteiger partial charge in [0.25, 0.3) is 0 Å². The number of esters is 1. The number of rotatable bonds is 3. The number of benzene rings is 2. The van der Waals surface area contributed by atoms with Crippen LogP contribution in [0.1, 0.15) is 10.4 Å². The summed E-state index contributed by atoms with van der Waals surface area (Å²) in [5.74, 6) is -1.81. The molecule has 0 unspecified atom stereocenters. The zero-order chi connectivity index (χ0) is 16.4. The topological polar surface area (TPSA) is 92.8 Å². The van der Waals surface area contributed by atoms with Crippen LogP contribution in [-0.2, 0) is 0 Å². The molecule has 3 aromatic rings. The van der Waals surface area contributed by atoms with Crippen LogP contribution in [0.3, 0.4) is 0 Å². The Morgan fingerprint density at radius 3 is 2.61 bits per heavy atom. The van der Waals surface area contributed by atoms with Crippen molar-refractivity contribution in [3.8, 4) is 28.6 Å². The first-order valence-electron chi connectivity index (χ1n) is 6.49. The van der Waals surface area contributed by atoms with Crippen LogP contribution in [0.25, 0.3) is 11.3 Å². The Labute approximate surface area is 129 Å². The van der Waals surface area contributed by atoms with Crippen molar-refractivity contribution in [2.45, 2.75) is 0 Å². The molecule has 116 valence electrons. The predicted octanol–water partition coefficient (Wildman–Crippen LogP) is 3.11. The molecule has 1 aromatic heterocycles. The minimum atomic E-state index is -0.785. The van der Waals surface area contributed by atoms with Crippen LogP contribution >= 0.6 is 0 Å². The molecule has 0 saturated heterocycles. The summed E-state index contributed by atoms with van der Waals surface area (Å²) in [6.45, 7) is 0. The van der Waals surface area contributed by atoms with E-state index >= 15 is 0 Å². The van der Waals surface area contributed by atoms with Crippen molar-refractivity contribution in [3.05, 3.63) is 60.0 Å².